The van der Waals surface area contributed by atoms with Crippen molar-refractivity contribution in [2.24, 2.45) is 5.92 Å². The molecular weight excluding hydrogens is 328 g/mol. The lowest BCUT2D eigenvalue weighted by atomic mass is 9.90. The third-order valence-electron chi connectivity index (χ3n) is 4.89. The minimum atomic E-state index is -0.211. The lowest BCUT2D eigenvalue weighted by molar-refractivity contribution is -0.146. The minimum absolute atomic E-state index is 0.184. The van der Waals surface area contributed by atoms with E-state index in [1.54, 1.807) is 0 Å². The van der Waals surface area contributed by atoms with Crippen LogP contribution in [0.2, 0.25) is 0 Å². The summed E-state index contributed by atoms with van der Waals surface area (Å²) in [6, 6.07) is 0. The van der Waals surface area contributed by atoms with Crippen molar-refractivity contribution < 1.29 is 19.1 Å². The van der Waals surface area contributed by atoms with Crippen LogP contribution < -0.4 is 0 Å². The highest BCUT2D eigenvalue weighted by Gasteiger charge is 2.15. The van der Waals surface area contributed by atoms with E-state index in [9.17, 15) is 9.59 Å². The molecule has 0 N–H and O–H groups in total. The highest BCUT2D eigenvalue weighted by molar-refractivity contribution is 5.72. The monoisotopic (exact) mass is 366 g/mol. The molecular formula is C22H38O4. The molecule has 0 amide bonds. The predicted molar refractivity (Wildman–Crippen MR) is 105 cm³/mol. The fourth-order valence-corrected chi connectivity index (χ4v) is 3.22. The summed E-state index contributed by atoms with van der Waals surface area (Å²) in [5.41, 5.74) is 0. The van der Waals surface area contributed by atoms with E-state index in [0.29, 0.717) is 38.4 Å². The van der Waals surface area contributed by atoms with Gasteiger partial charge in [-0.3, -0.25) is 9.59 Å². The third kappa shape index (κ3) is 13.0. The highest BCUT2D eigenvalue weighted by atomic mass is 16.5. The van der Waals surface area contributed by atoms with Crippen molar-refractivity contribution in [2.45, 2.75) is 96.8 Å². The van der Waals surface area contributed by atoms with Gasteiger partial charge >= 0.3 is 11.9 Å². The first-order chi connectivity index (χ1) is 12.7. The van der Waals surface area contributed by atoms with E-state index in [1.807, 2.05) is 0 Å². The first kappa shape index (κ1) is 22.7. The van der Waals surface area contributed by atoms with Crippen LogP contribution in [-0.2, 0) is 19.1 Å². The molecule has 0 radical (unpaired) electrons. The van der Waals surface area contributed by atoms with Crippen LogP contribution in [0.1, 0.15) is 96.8 Å². The summed E-state index contributed by atoms with van der Waals surface area (Å²) in [4.78, 5) is 23.4. The molecule has 0 aromatic carbocycles. The van der Waals surface area contributed by atoms with Crippen molar-refractivity contribution in [1.29, 1.82) is 0 Å². The van der Waals surface area contributed by atoms with E-state index in [2.05, 4.69) is 19.1 Å². The molecule has 0 saturated heterocycles. The standard InChI is InChI=1S/C22H38O4/c1-2-3-4-5-6-7-8-12-18-25-21(23)16-13-17-22(24)26-19-20-14-10-9-11-15-20/h6-7,20H,2-5,8-19H2,1H3/b7-6+. The summed E-state index contributed by atoms with van der Waals surface area (Å²) in [5, 5.41) is 0. The second kappa shape index (κ2) is 15.9. The molecule has 0 aliphatic heterocycles. The Bertz CT molecular complexity index is 397. The normalized spacial score (nSPS) is 15.3. The molecule has 4 nitrogen and oxygen atoms in total. The zero-order valence-electron chi connectivity index (χ0n) is 16.7. The fourth-order valence-electron chi connectivity index (χ4n) is 3.22. The number of carbonyl (C=O) groups excluding carboxylic acids is 2. The molecule has 0 heterocycles. The Kier molecular flexibility index (Phi) is 13.9. The van der Waals surface area contributed by atoms with E-state index in [4.69, 9.17) is 9.47 Å². The lowest BCUT2D eigenvalue weighted by Gasteiger charge is -2.20. The van der Waals surface area contributed by atoms with Gasteiger partial charge in [0.25, 0.3) is 0 Å². The van der Waals surface area contributed by atoms with Crippen LogP contribution in [0.5, 0.6) is 0 Å². The van der Waals surface area contributed by atoms with Crippen LogP contribution in [-0.4, -0.2) is 25.2 Å². The SMILES string of the molecule is CCCCC/C=C/CCCOC(=O)CCCC(=O)OCC1CCCCC1. The van der Waals surface area contributed by atoms with E-state index in [0.717, 1.165) is 19.3 Å². The van der Waals surface area contributed by atoms with Crippen LogP contribution in [0.15, 0.2) is 12.2 Å². The average Bonchev–Trinajstić information content (AvgIpc) is 2.66. The van der Waals surface area contributed by atoms with Crippen LogP contribution in [0.4, 0.5) is 0 Å². The molecule has 1 fully saturated rings. The van der Waals surface area contributed by atoms with Gasteiger partial charge in [-0.25, -0.2) is 0 Å². The summed E-state index contributed by atoms with van der Waals surface area (Å²) >= 11 is 0. The number of hydrogen-bond acceptors (Lipinski definition) is 4. The summed E-state index contributed by atoms with van der Waals surface area (Å²) in [7, 11) is 0. The molecule has 1 rings (SSSR count). The van der Waals surface area contributed by atoms with Crippen LogP contribution in [0, 0.1) is 5.92 Å². The Hall–Kier alpha value is -1.32. The van der Waals surface area contributed by atoms with E-state index < -0.39 is 0 Å². The molecule has 4 heteroatoms. The van der Waals surface area contributed by atoms with Crippen molar-refractivity contribution in [1.82, 2.24) is 0 Å². The second-order valence-corrected chi connectivity index (χ2v) is 7.37. The van der Waals surface area contributed by atoms with Crippen molar-refractivity contribution in [3.63, 3.8) is 0 Å². The van der Waals surface area contributed by atoms with Gasteiger partial charge < -0.3 is 9.47 Å². The van der Waals surface area contributed by atoms with Crippen LogP contribution in [0.3, 0.4) is 0 Å². The van der Waals surface area contributed by atoms with Crippen molar-refractivity contribution in [3.8, 4) is 0 Å². The van der Waals surface area contributed by atoms with Gasteiger partial charge in [0, 0.05) is 12.8 Å². The Labute approximate surface area is 159 Å². The minimum Gasteiger partial charge on any atom is -0.466 e. The average molecular weight is 367 g/mol. The fraction of sp³-hybridized carbons (Fsp3) is 0.818. The maximum atomic E-state index is 11.7. The van der Waals surface area contributed by atoms with Gasteiger partial charge in [0.2, 0.25) is 0 Å². The maximum absolute atomic E-state index is 11.7. The number of allylic oxidation sites excluding steroid dienone is 2. The quantitative estimate of drug-likeness (QED) is 0.223. The van der Waals surface area contributed by atoms with Gasteiger partial charge in [0.15, 0.2) is 0 Å². The maximum Gasteiger partial charge on any atom is 0.305 e. The zero-order chi connectivity index (χ0) is 18.9. The van der Waals surface area contributed by atoms with Gasteiger partial charge in [0.1, 0.15) is 0 Å². The number of esters is 2. The smallest absolute Gasteiger partial charge is 0.305 e. The van der Waals surface area contributed by atoms with Crippen molar-refractivity contribution in [2.75, 3.05) is 13.2 Å². The summed E-state index contributed by atoms with van der Waals surface area (Å²) in [6.07, 6.45) is 18.4. The number of rotatable bonds is 14. The topological polar surface area (TPSA) is 52.6 Å². The van der Waals surface area contributed by atoms with Crippen molar-refractivity contribution >= 4 is 11.9 Å². The first-order valence-electron chi connectivity index (χ1n) is 10.7. The molecule has 150 valence electrons. The molecule has 0 aromatic heterocycles. The number of unbranched alkanes of at least 4 members (excludes halogenated alkanes) is 4. The summed E-state index contributed by atoms with van der Waals surface area (Å²) < 4.78 is 10.5. The second-order valence-electron chi connectivity index (χ2n) is 7.37. The van der Waals surface area contributed by atoms with E-state index in [1.165, 1.54) is 51.4 Å². The molecule has 1 saturated carbocycles. The van der Waals surface area contributed by atoms with Gasteiger partial charge in [-0.15, -0.1) is 0 Å². The van der Waals surface area contributed by atoms with Crippen LogP contribution >= 0.6 is 0 Å². The van der Waals surface area contributed by atoms with Gasteiger partial charge in [-0.1, -0.05) is 51.2 Å². The predicted octanol–water partition coefficient (Wildman–Crippen LogP) is 5.74. The van der Waals surface area contributed by atoms with E-state index in [-0.39, 0.29) is 11.9 Å². The molecule has 0 spiro atoms. The lowest BCUT2D eigenvalue weighted by Crippen LogP contribution is -2.17. The number of hydrogen-bond donors (Lipinski definition) is 0. The highest BCUT2D eigenvalue weighted by Crippen LogP contribution is 2.23. The number of carbonyl (C=O) groups is 2. The van der Waals surface area contributed by atoms with Crippen molar-refractivity contribution in [3.05, 3.63) is 12.2 Å². The van der Waals surface area contributed by atoms with Gasteiger partial charge in [-0.2, -0.15) is 0 Å². The van der Waals surface area contributed by atoms with Crippen LogP contribution in [0.25, 0.3) is 0 Å². The third-order valence-corrected chi connectivity index (χ3v) is 4.89. The first-order valence-corrected chi connectivity index (χ1v) is 10.7. The molecule has 1 aliphatic carbocycles. The summed E-state index contributed by atoms with van der Waals surface area (Å²) in [6.45, 7) is 3.22. The Morgan fingerprint density at radius 1 is 0.846 bits per heavy atom. The zero-order valence-corrected chi connectivity index (χ0v) is 16.7. The molecule has 0 aromatic rings. The number of ether oxygens (including phenoxy) is 2. The molecule has 1 aliphatic rings. The van der Waals surface area contributed by atoms with Gasteiger partial charge in [-0.05, 0) is 50.9 Å². The molecule has 0 bridgehead atoms. The molecule has 26 heavy (non-hydrogen) atoms. The Morgan fingerprint density at radius 3 is 2.19 bits per heavy atom. The Balaban J connectivity index is 1.90. The molecule has 0 unspecified atom stereocenters. The summed E-state index contributed by atoms with van der Waals surface area (Å²) in [5.74, 6) is 0.145. The van der Waals surface area contributed by atoms with E-state index >= 15 is 0 Å². The van der Waals surface area contributed by atoms with Gasteiger partial charge in [0.05, 0.1) is 13.2 Å². The largest absolute Gasteiger partial charge is 0.466 e. The Morgan fingerprint density at radius 2 is 1.50 bits per heavy atom. The molecule has 0 atom stereocenters.